The minimum absolute atomic E-state index is 0.169. The first-order chi connectivity index (χ1) is 12.0. The predicted molar refractivity (Wildman–Crippen MR) is 90.0 cm³/mol. The Hall–Kier alpha value is -3.00. The number of benzene rings is 2. The number of anilines is 1. The molecule has 0 bridgehead atoms. The van der Waals surface area contributed by atoms with Gasteiger partial charge >= 0.3 is 0 Å². The molecule has 25 heavy (non-hydrogen) atoms. The summed E-state index contributed by atoms with van der Waals surface area (Å²) in [6.45, 7) is 0.330. The molecule has 3 aromatic rings. The number of non-ortho nitro benzene ring substituents is 1. The van der Waals surface area contributed by atoms with Crippen LogP contribution in [0.4, 0.5) is 15.8 Å². The molecule has 0 spiro atoms. The van der Waals surface area contributed by atoms with E-state index in [4.69, 9.17) is 16.1 Å². The molecule has 1 heterocycles. The van der Waals surface area contributed by atoms with Crippen LogP contribution in [-0.4, -0.2) is 21.6 Å². The van der Waals surface area contributed by atoms with Crippen LogP contribution in [0.15, 0.2) is 47.0 Å². The molecule has 0 saturated carbocycles. The molecule has 0 aliphatic rings. The third-order valence-electron chi connectivity index (χ3n) is 3.39. The van der Waals surface area contributed by atoms with Gasteiger partial charge in [-0.25, -0.2) is 4.39 Å². The third-order valence-corrected chi connectivity index (χ3v) is 3.64. The average Bonchev–Trinajstić information content (AvgIpc) is 3.05. The SMILES string of the molecule is O=[N+]([O-])c1ccc(NCCc2nc(-c3ccc(Cl)cc3)no2)c(F)c1. The van der Waals surface area contributed by atoms with Gasteiger partial charge in [0.1, 0.15) is 0 Å². The van der Waals surface area contributed by atoms with E-state index < -0.39 is 10.7 Å². The van der Waals surface area contributed by atoms with Crippen molar-refractivity contribution < 1.29 is 13.8 Å². The molecule has 0 aliphatic heterocycles. The normalized spacial score (nSPS) is 10.6. The van der Waals surface area contributed by atoms with Crippen molar-refractivity contribution in [3.05, 3.63) is 69.3 Å². The molecule has 0 unspecified atom stereocenters. The summed E-state index contributed by atoms with van der Waals surface area (Å²) in [7, 11) is 0. The number of hydrogen-bond donors (Lipinski definition) is 1. The van der Waals surface area contributed by atoms with Crippen LogP contribution < -0.4 is 5.32 Å². The fourth-order valence-corrected chi connectivity index (χ4v) is 2.26. The lowest BCUT2D eigenvalue weighted by Gasteiger charge is -2.05. The van der Waals surface area contributed by atoms with E-state index in [0.29, 0.717) is 29.7 Å². The van der Waals surface area contributed by atoms with Crippen LogP contribution in [0.25, 0.3) is 11.4 Å². The molecule has 2 aromatic carbocycles. The highest BCUT2D eigenvalue weighted by molar-refractivity contribution is 6.30. The fraction of sp³-hybridized carbons (Fsp3) is 0.125. The summed E-state index contributed by atoms with van der Waals surface area (Å²) >= 11 is 5.83. The maximum absolute atomic E-state index is 13.8. The Morgan fingerprint density at radius 1 is 1.24 bits per heavy atom. The van der Waals surface area contributed by atoms with Crippen molar-refractivity contribution in [2.45, 2.75) is 6.42 Å². The van der Waals surface area contributed by atoms with Crippen LogP contribution in [0.1, 0.15) is 5.89 Å². The molecular formula is C16H12ClFN4O3. The van der Waals surface area contributed by atoms with Crippen molar-refractivity contribution in [2.75, 3.05) is 11.9 Å². The van der Waals surface area contributed by atoms with Crippen LogP contribution in [0, 0.1) is 15.9 Å². The molecule has 0 fully saturated rings. The predicted octanol–water partition coefficient (Wildman–Crippen LogP) is 4.09. The summed E-state index contributed by atoms with van der Waals surface area (Å²) < 4.78 is 18.9. The quantitative estimate of drug-likeness (QED) is 0.524. The van der Waals surface area contributed by atoms with Crippen LogP contribution >= 0.6 is 11.6 Å². The van der Waals surface area contributed by atoms with Crippen molar-refractivity contribution in [1.29, 1.82) is 0 Å². The minimum atomic E-state index is -0.693. The monoisotopic (exact) mass is 362 g/mol. The van der Waals surface area contributed by atoms with Crippen molar-refractivity contribution in [3.8, 4) is 11.4 Å². The molecule has 128 valence electrons. The van der Waals surface area contributed by atoms with E-state index in [1.807, 2.05) is 0 Å². The van der Waals surface area contributed by atoms with E-state index in [0.717, 1.165) is 11.6 Å². The maximum atomic E-state index is 13.8. The Balaban J connectivity index is 1.59. The highest BCUT2D eigenvalue weighted by Crippen LogP contribution is 2.21. The average molecular weight is 363 g/mol. The second kappa shape index (κ2) is 7.27. The Morgan fingerprint density at radius 2 is 2.00 bits per heavy atom. The van der Waals surface area contributed by atoms with E-state index in [1.54, 1.807) is 24.3 Å². The Labute approximate surface area is 146 Å². The lowest BCUT2D eigenvalue weighted by molar-refractivity contribution is -0.385. The second-order valence-electron chi connectivity index (χ2n) is 5.12. The van der Waals surface area contributed by atoms with E-state index in [-0.39, 0.29) is 11.4 Å². The summed E-state index contributed by atoms with van der Waals surface area (Å²) in [6.07, 6.45) is 0.372. The first-order valence-corrected chi connectivity index (χ1v) is 7.67. The molecule has 0 atom stereocenters. The van der Waals surface area contributed by atoms with Gasteiger partial charge in [-0.2, -0.15) is 4.98 Å². The topological polar surface area (TPSA) is 94.1 Å². The number of nitro groups is 1. The standard InChI is InChI=1S/C16H12ClFN4O3/c17-11-3-1-10(2-4-11)16-20-15(25-21-16)7-8-19-14-6-5-12(22(23)24)9-13(14)18/h1-6,9,19H,7-8H2. The van der Waals surface area contributed by atoms with E-state index >= 15 is 0 Å². The van der Waals surface area contributed by atoms with Gasteiger partial charge in [0.15, 0.2) is 5.82 Å². The molecule has 1 aromatic heterocycles. The van der Waals surface area contributed by atoms with Gasteiger partial charge in [-0.1, -0.05) is 16.8 Å². The van der Waals surface area contributed by atoms with Gasteiger partial charge in [0.05, 0.1) is 16.7 Å². The molecule has 0 saturated heterocycles. The minimum Gasteiger partial charge on any atom is -0.382 e. The highest BCUT2D eigenvalue weighted by atomic mass is 35.5. The van der Waals surface area contributed by atoms with Crippen LogP contribution in [0.5, 0.6) is 0 Å². The number of aromatic nitrogens is 2. The van der Waals surface area contributed by atoms with Gasteiger partial charge in [0.2, 0.25) is 11.7 Å². The molecule has 3 rings (SSSR count). The Kier molecular flexibility index (Phi) is 4.90. The maximum Gasteiger partial charge on any atom is 0.272 e. The number of rotatable bonds is 6. The summed E-state index contributed by atoms with van der Waals surface area (Å²) in [5.41, 5.74) is 0.643. The first kappa shape index (κ1) is 16.8. The van der Waals surface area contributed by atoms with Crippen LogP contribution in [-0.2, 0) is 6.42 Å². The van der Waals surface area contributed by atoms with Gasteiger partial charge in [-0.3, -0.25) is 10.1 Å². The first-order valence-electron chi connectivity index (χ1n) is 7.29. The number of hydrogen-bond acceptors (Lipinski definition) is 6. The summed E-state index contributed by atoms with van der Waals surface area (Å²) in [4.78, 5) is 14.2. The Bertz CT molecular complexity index is 899. The van der Waals surface area contributed by atoms with E-state index in [1.165, 1.54) is 12.1 Å². The number of nitro benzene ring substituents is 1. The molecule has 0 radical (unpaired) electrons. The Morgan fingerprint density at radius 3 is 2.68 bits per heavy atom. The van der Waals surface area contributed by atoms with E-state index in [9.17, 15) is 14.5 Å². The molecule has 9 heteroatoms. The van der Waals surface area contributed by atoms with Gasteiger partial charge in [0, 0.05) is 29.6 Å². The summed E-state index contributed by atoms with van der Waals surface area (Å²) in [5.74, 6) is 0.134. The largest absolute Gasteiger partial charge is 0.382 e. The van der Waals surface area contributed by atoms with Crippen molar-refractivity contribution >= 4 is 23.0 Å². The van der Waals surface area contributed by atoms with E-state index in [2.05, 4.69) is 15.5 Å². The lowest BCUT2D eigenvalue weighted by atomic mass is 10.2. The van der Waals surface area contributed by atoms with Crippen molar-refractivity contribution in [1.82, 2.24) is 10.1 Å². The third kappa shape index (κ3) is 4.10. The van der Waals surface area contributed by atoms with Crippen LogP contribution in [0.2, 0.25) is 5.02 Å². The fourth-order valence-electron chi connectivity index (χ4n) is 2.14. The second-order valence-corrected chi connectivity index (χ2v) is 5.55. The molecule has 0 aliphatic carbocycles. The summed E-state index contributed by atoms with van der Waals surface area (Å²) in [6, 6.07) is 10.4. The molecule has 1 N–H and O–H groups in total. The number of nitrogens with one attached hydrogen (secondary N) is 1. The zero-order chi connectivity index (χ0) is 17.8. The zero-order valence-corrected chi connectivity index (χ0v) is 13.5. The smallest absolute Gasteiger partial charge is 0.272 e. The molecular weight excluding hydrogens is 351 g/mol. The number of halogens is 2. The van der Waals surface area contributed by atoms with Gasteiger partial charge in [0.25, 0.3) is 5.69 Å². The molecule has 0 amide bonds. The summed E-state index contributed by atoms with van der Waals surface area (Å²) in [5, 5.41) is 17.9. The number of nitrogens with zero attached hydrogens (tertiary/aromatic N) is 3. The van der Waals surface area contributed by atoms with Crippen molar-refractivity contribution in [2.24, 2.45) is 0 Å². The zero-order valence-electron chi connectivity index (χ0n) is 12.8. The lowest BCUT2D eigenvalue weighted by Crippen LogP contribution is -2.06. The van der Waals surface area contributed by atoms with Gasteiger partial charge < -0.3 is 9.84 Å². The van der Waals surface area contributed by atoms with Gasteiger partial charge in [-0.05, 0) is 30.3 Å². The van der Waals surface area contributed by atoms with Crippen molar-refractivity contribution in [3.63, 3.8) is 0 Å². The molecule has 7 nitrogen and oxygen atoms in total. The van der Waals surface area contributed by atoms with Gasteiger partial charge in [-0.15, -0.1) is 0 Å². The highest BCUT2D eigenvalue weighted by Gasteiger charge is 2.12. The van der Waals surface area contributed by atoms with Crippen LogP contribution in [0.3, 0.4) is 0 Å².